The Bertz CT molecular complexity index is 1460. The monoisotopic (exact) mass is 486 g/mol. The number of carbonyl (C=O) groups is 1. The molecule has 1 atom stereocenters. The van der Waals surface area contributed by atoms with Gasteiger partial charge in [0, 0.05) is 53.9 Å². The Morgan fingerprint density at radius 2 is 1.74 bits per heavy atom. The molecule has 8 heteroatoms. The van der Waals surface area contributed by atoms with Gasteiger partial charge in [-0.3, -0.25) is 9.69 Å². The molecule has 1 aromatic heterocycles. The van der Waals surface area contributed by atoms with E-state index in [9.17, 15) is 9.90 Å². The number of aromatic nitrogens is 1. The van der Waals surface area contributed by atoms with Crippen LogP contribution in [0.15, 0.2) is 77.9 Å². The molecule has 0 saturated carbocycles. The average Bonchev–Trinajstić information content (AvgIpc) is 3.18. The summed E-state index contributed by atoms with van der Waals surface area (Å²) in [6.07, 6.45) is 1.78. The fourth-order valence-electron chi connectivity index (χ4n) is 4.93. The first-order valence-electron chi connectivity index (χ1n) is 11.5. The van der Waals surface area contributed by atoms with Crippen LogP contribution in [0.4, 0.5) is 5.69 Å². The van der Waals surface area contributed by atoms with Crippen LogP contribution in [0.2, 0.25) is 5.02 Å². The number of H-pyrrole nitrogens is 1. The minimum absolute atomic E-state index is 0.577. The molecule has 0 spiro atoms. The number of piperazine rings is 1. The first-order valence-corrected chi connectivity index (χ1v) is 11.9. The van der Waals surface area contributed by atoms with Crippen molar-refractivity contribution in [3.8, 4) is 11.5 Å². The summed E-state index contributed by atoms with van der Waals surface area (Å²) in [5, 5.41) is 11.6. The van der Waals surface area contributed by atoms with Gasteiger partial charge in [0.1, 0.15) is 23.3 Å². The molecular weight excluding hydrogens is 464 g/mol. The van der Waals surface area contributed by atoms with Crippen molar-refractivity contribution in [3.63, 3.8) is 0 Å². The van der Waals surface area contributed by atoms with Gasteiger partial charge in [0.05, 0.1) is 5.56 Å². The van der Waals surface area contributed by atoms with E-state index in [2.05, 4.69) is 9.88 Å². The van der Waals surface area contributed by atoms with E-state index in [1.807, 2.05) is 65.6 Å². The molecule has 176 valence electrons. The van der Waals surface area contributed by atoms with Gasteiger partial charge in [-0.05, 0) is 42.5 Å². The molecule has 35 heavy (non-hydrogen) atoms. The predicted molar refractivity (Wildman–Crippen MR) is 136 cm³/mol. The molecule has 2 N–H and O–H groups in total. The number of amidine groups is 1. The lowest BCUT2D eigenvalue weighted by atomic mass is 10.0. The number of nitrogens with one attached hydrogen (secondary N) is 1. The van der Waals surface area contributed by atoms with Gasteiger partial charge in [-0.25, -0.2) is 4.99 Å². The summed E-state index contributed by atoms with van der Waals surface area (Å²) in [5.74, 6) is 1.45. The zero-order chi connectivity index (χ0) is 23.9. The summed E-state index contributed by atoms with van der Waals surface area (Å²) in [4.78, 5) is 24.8. The van der Waals surface area contributed by atoms with Crippen LogP contribution in [-0.2, 0) is 4.79 Å². The second-order valence-electron chi connectivity index (χ2n) is 8.70. The number of rotatable bonds is 3. The Kier molecular flexibility index (Phi) is 5.43. The maximum Gasteiger partial charge on any atom is 0.325 e. The number of hydrogen-bond acceptors (Lipinski definition) is 5. The molecule has 1 saturated heterocycles. The average molecular weight is 487 g/mol. The van der Waals surface area contributed by atoms with E-state index in [1.165, 1.54) is 0 Å². The van der Waals surface area contributed by atoms with Gasteiger partial charge in [0.25, 0.3) is 0 Å². The highest BCUT2D eigenvalue weighted by molar-refractivity contribution is 6.31. The van der Waals surface area contributed by atoms with Gasteiger partial charge >= 0.3 is 5.97 Å². The summed E-state index contributed by atoms with van der Waals surface area (Å²) in [6.45, 7) is 2.44. The third kappa shape index (κ3) is 3.92. The molecule has 3 heterocycles. The van der Waals surface area contributed by atoms with Gasteiger partial charge in [-0.1, -0.05) is 35.9 Å². The van der Waals surface area contributed by atoms with Gasteiger partial charge in [-0.2, -0.15) is 0 Å². The number of carboxylic acid groups (broad SMARTS) is 1. The summed E-state index contributed by atoms with van der Waals surface area (Å²) >= 11 is 6.21. The largest absolute Gasteiger partial charge is 0.480 e. The third-order valence-electron chi connectivity index (χ3n) is 6.62. The number of para-hydroxylation sites is 3. The second-order valence-corrected chi connectivity index (χ2v) is 9.14. The fourth-order valence-corrected chi connectivity index (χ4v) is 5.10. The SMILES string of the molecule is O=C(O)[C@@H](c1c[nH]c2ccc(Cl)cc12)N1CCN(C2=Nc3ccccc3Oc3ccccc32)CC1. The minimum Gasteiger partial charge on any atom is -0.480 e. The van der Waals surface area contributed by atoms with Gasteiger partial charge < -0.3 is 19.7 Å². The first kappa shape index (κ1) is 21.7. The third-order valence-corrected chi connectivity index (χ3v) is 6.86. The minimum atomic E-state index is -0.876. The first-order chi connectivity index (χ1) is 17.1. The van der Waals surface area contributed by atoms with E-state index in [0.29, 0.717) is 31.2 Å². The lowest BCUT2D eigenvalue weighted by molar-refractivity contribution is -0.144. The Labute approximate surface area is 207 Å². The Morgan fingerprint density at radius 1 is 1.00 bits per heavy atom. The molecule has 0 radical (unpaired) electrons. The number of benzene rings is 3. The van der Waals surface area contributed by atoms with Crippen molar-refractivity contribution in [2.24, 2.45) is 4.99 Å². The van der Waals surface area contributed by atoms with Crippen LogP contribution in [0.5, 0.6) is 11.5 Å². The van der Waals surface area contributed by atoms with Crippen molar-refractivity contribution >= 4 is 40.0 Å². The van der Waals surface area contributed by atoms with Crippen molar-refractivity contribution in [1.29, 1.82) is 0 Å². The maximum atomic E-state index is 12.4. The van der Waals surface area contributed by atoms with Gasteiger partial charge in [-0.15, -0.1) is 0 Å². The van der Waals surface area contributed by atoms with E-state index < -0.39 is 12.0 Å². The number of nitrogens with zero attached hydrogens (tertiary/aromatic N) is 3. The lowest BCUT2D eigenvalue weighted by Gasteiger charge is -2.39. The van der Waals surface area contributed by atoms with Crippen LogP contribution in [0.3, 0.4) is 0 Å². The van der Waals surface area contributed by atoms with Crippen molar-refractivity contribution < 1.29 is 14.6 Å². The standard InChI is InChI=1S/C27H23ClN4O3/c28-17-9-10-21-19(15-17)20(16-29-21)25(27(33)34)31-11-13-32(14-12-31)26-18-5-1-3-7-23(18)35-24-8-4-2-6-22(24)30-26/h1-10,15-16,25,29H,11-14H2,(H,33,34)/t25-/m1/s1. The smallest absolute Gasteiger partial charge is 0.325 e. The summed E-state index contributed by atoms with van der Waals surface area (Å²) < 4.78 is 6.17. The highest BCUT2D eigenvalue weighted by atomic mass is 35.5. The van der Waals surface area contributed by atoms with Gasteiger partial charge in [0.2, 0.25) is 0 Å². The van der Waals surface area contributed by atoms with E-state index in [0.717, 1.165) is 45.1 Å². The number of aliphatic carboxylic acids is 1. The van der Waals surface area contributed by atoms with Crippen molar-refractivity contribution in [3.05, 3.63) is 89.1 Å². The Morgan fingerprint density at radius 3 is 2.54 bits per heavy atom. The summed E-state index contributed by atoms with van der Waals surface area (Å²) in [5.41, 5.74) is 3.30. The zero-order valence-corrected chi connectivity index (χ0v) is 19.6. The van der Waals surface area contributed by atoms with Crippen molar-refractivity contribution in [1.82, 2.24) is 14.8 Å². The topological polar surface area (TPSA) is 81.2 Å². The Hall–Kier alpha value is -3.81. The van der Waals surface area contributed by atoms with Crippen LogP contribution in [-0.4, -0.2) is 57.9 Å². The number of hydrogen-bond donors (Lipinski definition) is 2. The van der Waals surface area contributed by atoms with Gasteiger partial charge in [0.15, 0.2) is 5.75 Å². The number of halogens is 1. The molecule has 2 aliphatic rings. The highest BCUT2D eigenvalue weighted by Crippen LogP contribution is 2.38. The van der Waals surface area contributed by atoms with E-state index >= 15 is 0 Å². The molecule has 0 bridgehead atoms. The van der Waals surface area contributed by atoms with Crippen LogP contribution in [0.25, 0.3) is 10.9 Å². The molecule has 6 rings (SSSR count). The molecule has 0 amide bonds. The molecule has 2 aliphatic heterocycles. The fraction of sp³-hybridized carbons (Fsp3) is 0.185. The lowest BCUT2D eigenvalue weighted by Crippen LogP contribution is -2.51. The second kappa shape index (κ2) is 8.76. The number of ether oxygens (including phenoxy) is 1. The van der Waals surface area contributed by atoms with E-state index in [-0.39, 0.29) is 0 Å². The van der Waals surface area contributed by atoms with Crippen LogP contribution in [0.1, 0.15) is 17.2 Å². The molecule has 0 unspecified atom stereocenters. The van der Waals surface area contributed by atoms with E-state index in [1.54, 1.807) is 12.3 Å². The summed E-state index contributed by atoms with van der Waals surface area (Å²) in [6, 6.07) is 20.4. The normalized spacial score (nSPS) is 16.6. The maximum absolute atomic E-state index is 12.4. The highest BCUT2D eigenvalue weighted by Gasteiger charge is 2.34. The molecule has 7 nitrogen and oxygen atoms in total. The van der Waals surface area contributed by atoms with Crippen molar-refractivity contribution in [2.75, 3.05) is 26.2 Å². The predicted octanol–water partition coefficient (Wildman–Crippen LogP) is 5.45. The Balaban J connectivity index is 1.30. The summed E-state index contributed by atoms with van der Waals surface area (Å²) in [7, 11) is 0. The molecule has 1 fully saturated rings. The number of fused-ring (bicyclic) bond motifs is 3. The van der Waals surface area contributed by atoms with Crippen LogP contribution >= 0.6 is 11.6 Å². The quantitative estimate of drug-likeness (QED) is 0.402. The molecule has 4 aromatic rings. The number of aromatic amines is 1. The van der Waals surface area contributed by atoms with Crippen LogP contribution < -0.4 is 4.74 Å². The number of aliphatic imine (C=N–C) groups is 1. The molecule has 0 aliphatic carbocycles. The zero-order valence-electron chi connectivity index (χ0n) is 18.8. The molecule has 3 aromatic carbocycles. The number of carboxylic acids is 1. The molecular formula is C27H23ClN4O3. The van der Waals surface area contributed by atoms with Crippen LogP contribution in [0, 0.1) is 0 Å². The van der Waals surface area contributed by atoms with E-state index in [4.69, 9.17) is 21.3 Å². The van der Waals surface area contributed by atoms with Crippen molar-refractivity contribution in [2.45, 2.75) is 6.04 Å².